The van der Waals surface area contributed by atoms with E-state index in [0.29, 0.717) is 13.0 Å². The Bertz CT molecular complexity index is 343. The summed E-state index contributed by atoms with van der Waals surface area (Å²) in [7, 11) is 0. The van der Waals surface area contributed by atoms with E-state index in [1.165, 1.54) is 11.3 Å². The normalized spacial score (nSPS) is 14.9. The van der Waals surface area contributed by atoms with Gasteiger partial charge < -0.3 is 4.74 Å². The molecule has 0 bridgehead atoms. The van der Waals surface area contributed by atoms with E-state index in [4.69, 9.17) is 4.74 Å². The number of rotatable bonds is 5. The highest BCUT2D eigenvalue weighted by Gasteiger charge is 2.33. The first-order chi connectivity index (χ1) is 7.03. The molecule has 15 heavy (non-hydrogen) atoms. The van der Waals surface area contributed by atoms with Crippen molar-refractivity contribution in [3.05, 3.63) is 21.9 Å². The van der Waals surface area contributed by atoms with E-state index in [9.17, 15) is 4.79 Å². The summed E-state index contributed by atoms with van der Waals surface area (Å²) < 4.78 is 5.56. The van der Waals surface area contributed by atoms with Gasteiger partial charge in [0, 0.05) is 11.5 Å². The first-order valence-electron chi connectivity index (χ1n) is 5.28. The van der Waals surface area contributed by atoms with Crippen molar-refractivity contribution in [1.29, 1.82) is 0 Å². The molecule has 1 heterocycles. The Morgan fingerprint density at radius 3 is 2.53 bits per heavy atom. The predicted octanol–water partition coefficient (Wildman–Crippen LogP) is 3.44. The first-order valence-corrected chi connectivity index (χ1v) is 6.10. The fourth-order valence-corrected chi connectivity index (χ4v) is 2.39. The number of carbonyl (C=O) groups excluding carboxylic acids is 1. The summed E-state index contributed by atoms with van der Waals surface area (Å²) in [5.74, 6) is 0.102. The lowest BCUT2D eigenvalue weighted by atomic mass is 9.96. The second kappa shape index (κ2) is 4.90. The Labute approximate surface area is 95.3 Å². The van der Waals surface area contributed by atoms with Crippen molar-refractivity contribution < 1.29 is 9.53 Å². The maximum absolute atomic E-state index is 12.2. The molecule has 1 rings (SSSR count). The van der Waals surface area contributed by atoms with E-state index in [2.05, 4.69) is 0 Å². The molecule has 0 aliphatic heterocycles. The summed E-state index contributed by atoms with van der Waals surface area (Å²) >= 11 is 1.53. The third-order valence-electron chi connectivity index (χ3n) is 2.58. The van der Waals surface area contributed by atoms with Crippen LogP contribution in [0.15, 0.2) is 12.1 Å². The molecule has 0 aliphatic carbocycles. The van der Waals surface area contributed by atoms with Crippen LogP contribution in [0.3, 0.4) is 0 Å². The van der Waals surface area contributed by atoms with Crippen LogP contribution in [0.4, 0.5) is 0 Å². The minimum absolute atomic E-state index is 0.102. The molecule has 0 saturated carbocycles. The van der Waals surface area contributed by atoms with Crippen molar-refractivity contribution in [2.45, 2.75) is 39.7 Å². The van der Waals surface area contributed by atoms with Crippen molar-refractivity contribution in [2.24, 2.45) is 0 Å². The molecule has 0 amide bonds. The monoisotopic (exact) mass is 226 g/mol. The summed E-state index contributed by atoms with van der Waals surface area (Å²) in [4.78, 5) is 14.1. The second-order valence-corrected chi connectivity index (χ2v) is 5.04. The van der Waals surface area contributed by atoms with Crippen molar-refractivity contribution >= 4 is 17.1 Å². The molecule has 1 unspecified atom stereocenters. The summed E-state index contributed by atoms with van der Waals surface area (Å²) in [5, 5.41) is 0. The fourth-order valence-electron chi connectivity index (χ4n) is 1.46. The highest BCUT2D eigenvalue weighted by molar-refractivity contribution is 7.14. The van der Waals surface area contributed by atoms with Gasteiger partial charge in [-0.25, -0.2) is 0 Å². The zero-order chi connectivity index (χ0) is 11.5. The van der Waals surface area contributed by atoms with Crippen LogP contribution in [0.5, 0.6) is 0 Å². The Hall–Kier alpha value is -0.670. The second-order valence-electron chi connectivity index (χ2n) is 3.76. The zero-order valence-electron chi connectivity index (χ0n) is 9.79. The van der Waals surface area contributed by atoms with Gasteiger partial charge in [-0.2, -0.15) is 0 Å². The molecule has 3 heteroatoms. The number of carbonyl (C=O) groups is 1. The topological polar surface area (TPSA) is 26.3 Å². The van der Waals surface area contributed by atoms with Crippen LogP contribution in [-0.2, 0) is 4.74 Å². The van der Waals surface area contributed by atoms with Gasteiger partial charge in [0.1, 0.15) is 5.60 Å². The van der Waals surface area contributed by atoms with E-state index in [0.717, 1.165) is 9.75 Å². The van der Waals surface area contributed by atoms with Gasteiger partial charge >= 0.3 is 0 Å². The number of ketones is 1. The molecule has 1 aromatic heterocycles. The van der Waals surface area contributed by atoms with Crippen LogP contribution in [0.25, 0.3) is 0 Å². The van der Waals surface area contributed by atoms with Crippen LogP contribution in [0.1, 0.15) is 41.7 Å². The lowest BCUT2D eigenvalue weighted by Crippen LogP contribution is -2.37. The van der Waals surface area contributed by atoms with Crippen molar-refractivity contribution in [2.75, 3.05) is 6.61 Å². The summed E-state index contributed by atoms with van der Waals surface area (Å²) in [6.45, 7) is 8.34. The number of hydrogen-bond acceptors (Lipinski definition) is 3. The zero-order valence-corrected chi connectivity index (χ0v) is 10.6. The molecule has 84 valence electrons. The maximum atomic E-state index is 12.2. The molecule has 1 aromatic rings. The van der Waals surface area contributed by atoms with E-state index in [1.54, 1.807) is 0 Å². The van der Waals surface area contributed by atoms with Crippen molar-refractivity contribution in [3.8, 4) is 0 Å². The first kappa shape index (κ1) is 12.4. The standard InChI is InChI=1S/C12H18O2S/c1-5-12(4,14-6-2)11(13)10-8-7-9(3)15-10/h7-8H,5-6H2,1-4H3. The Balaban J connectivity index is 2.91. The lowest BCUT2D eigenvalue weighted by Gasteiger charge is -2.25. The molecule has 0 radical (unpaired) electrons. The number of Topliss-reactive ketones (excluding diaryl/α,β-unsaturated/α-hetero) is 1. The van der Waals surface area contributed by atoms with Gasteiger partial charge in [-0.05, 0) is 39.3 Å². The summed E-state index contributed by atoms with van der Waals surface area (Å²) in [6, 6.07) is 3.86. The average molecular weight is 226 g/mol. The minimum atomic E-state index is -0.661. The largest absolute Gasteiger partial charge is 0.367 e. The average Bonchev–Trinajstić information content (AvgIpc) is 2.64. The minimum Gasteiger partial charge on any atom is -0.367 e. The molecular weight excluding hydrogens is 208 g/mol. The van der Waals surface area contributed by atoms with Gasteiger partial charge in [0.2, 0.25) is 5.78 Å². The molecule has 0 N–H and O–H groups in total. The number of aryl methyl sites for hydroxylation is 1. The Morgan fingerprint density at radius 1 is 1.47 bits per heavy atom. The molecule has 0 aromatic carbocycles. The molecule has 0 saturated heterocycles. The van der Waals surface area contributed by atoms with Gasteiger partial charge in [0.05, 0.1) is 4.88 Å². The van der Waals surface area contributed by atoms with Crippen LogP contribution in [0.2, 0.25) is 0 Å². The maximum Gasteiger partial charge on any atom is 0.204 e. The Kier molecular flexibility index (Phi) is 4.05. The van der Waals surface area contributed by atoms with Gasteiger partial charge in [0.25, 0.3) is 0 Å². The van der Waals surface area contributed by atoms with Crippen LogP contribution >= 0.6 is 11.3 Å². The van der Waals surface area contributed by atoms with E-state index in [-0.39, 0.29) is 5.78 Å². The summed E-state index contributed by atoms with van der Waals surface area (Å²) in [6.07, 6.45) is 0.705. The highest BCUT2D eigenvalue weighted by Crippen LogP contribution is 2.25. The van der Waals surface area contributed by atoms with E-state index >= 15 is 0 Å². The lowest BCUT2D eigenvalue weighted by molar-refractivity contribution is -0.0112. The third kappa shape index (κ3) is 2.67. The molecule has 0 fully saturated rings. The quantitative estimate of drug-likeness (QED) is 0.719. The SMILES string of the molecule is CCOC(C)(CC)C(=O)c1ccc(C)s1. The van der Waals surface area contributed by atoms with Gasteiger partial charge in [-0.15, -0.1) is 11.3 Å². The van der Waals surface area contributed by atoms with Crippen molar-refractivity contribution in [1.82, 2.24) is 0 Å². The molecule has 0 aliphatic rings. The fraction of sp³-hybridized carbons (Fsp3) is 0.583. The van der Waals surface area contributed by atoms with Gasteiger partial charge in [-0.3, -0.25) is 4.79 Å². The smallest absolute Gasteiger partial charge is 0.204 e. The molecular formula is C12H18O2S. The third-order valence-corrected chi connectivity index (χ3v) is 3.58. The predicted molar refractivity (Wildman–Crippen MR) is 63.7 cm³/mol. The highest BCUT2D eigenvalue weighted by atomic mass is 32.1. The Morgan fingerprint density at radius 2 is 2.13 bits per heavy atom. The van der Waals surface area contributed by atoms with Crippen LogP contribution < -0.4 is 0 Å². The number of thiophene rings is 1. The van der Waals surface area contributed by atoms with E-state index in [1.807, 2.05) is 39.8 Å². The van der Waals surface area contributed by atoms with Gasteiger partial charge in [0.15, 0.2) is 0 Å². The number of ether oxygens (including phenoxy) is 1. The van der Waals surface area contributed by atoms with Crippen LogP contribution in [0, 0.1) is 6.92 Å². The number of hydrogen-bond donors (Lipinski definition) is 0. The summed E-state index contributed by atoms with van der Waals surface area (Å²) in [5.41, 5.74) is -0.661. The molecule has 0 spiro atoms. The van der Waals surface area contributed by atoms with Crippen LogP contribution in [-0.4, -0.2) is 18.0 Å². The van der Waals surface area contributed by atoms with Crippen molar-refractivity contribution in [3.63, 3.8) is 0 Å². The molecule has 1 atom stereocenters. The molecule has 2 nitrogen and oxygen atoms in total. The van der Waals surface area contributed by atoms with Gasteiger partial charge in [-0.1, -0.05) is 6.92 Å². The van der Waals surface area contributed by atoms with E-state index < -0.39 is 5.60 Å².